The van der Waals surface area contributed by atoms with Gasteiger partial charge in [0.15, 0.2) is 0 Å². The molecule has 100 valence electrons. The second-order valence-electron chi connectivity index (χ2n) is 4.36. The Morgan fingerprint density at radius 2 is 2.17 bits per heavy atom. The summed E-state index contributed by atoms with van der Waals surface area (Å²) in [6.45, 7) is 1.33. The molecule has 0 saturated carbocycles. The van der Waals surface area contributed by atoms with Crippen molar-refractivity contribution in [3.8, 4) is 0 Å². The first-order valence-corrected chi connectivity index (χ1v) is 7.18. The summed E-state index contributed by atoms with van der Waals surface area (Å²) in [4.78, 5) is 1.91. The molecule has 1 aliphatic heterocycles. The van der Waals surface area contributed by atoms with E-state index in [-0.39, 0.29) is 16.6 Å². The van der Waals surface area contributed by atoms with Crippen LogP contribution in [0.15, 0.2) is 23.1 Å². The molecule has 0 spiro atoms. The van der Waals surface area contributed by atoms with E-state index in [2.05, 4.69) is 0 Å². The van der Waals surface area contributed by atoms with E-state index in [9.17, 15) is 8.42 Å². The monoisotopic (exact) mass is 271 g/mol. The number of likely N-dealkylation sites (N-methyl/N-ethyl adjacent to an activating group) is 1. The molecule has 18 heavy (non-hydrogen) atoms. The maximum absolute atomic E-state index is 11.4. The molecule has 1 atom stereocenters. The van der Waals surface area contributed by atoms with Crippen LogP contribution in [0.25, 0.3) is 0 Å². The average Bonchev–Trinajstić information content (AvgIpc) is 2.80. The molecule has 0 radical (unpaired) electrons. The molecule has 6 nitrogen and oxygen atoms in total. The second-order valence-corrected chi connectivity index (χ2v) is 5.89. The quantitative estimate of drug-likeness (QED) is 0.762. The maximum Gasteiger partial charge on any atom is 0.240 e. The first-order valence-electron chi connectivity index (χ1n) is 5.63. The van der Waals surface area contributed by atoms with Crippen LogP contribution in [0.4, 0.5) is 11.4 Å². The summed E-state index contributed by atoms with van der Waals surface area (Å²) in [5, 5.41) is 5.13. The third-order valence-electron chi connectivity index (χ3n) is 3.18. The van der Waals surface area contributed by atoms with Crippen LogP contribution in [0.5, 0.6) is 0 Å². The third kappa shape index (κ3) is 2.43. The smallest absolute Gasteiger partial charge is 0.240 e. The molecule has 1 saturated heterocycles. The summed E-state index contributed by atoms with van der Waals surface area (Å²) in [6.07, 6.45) is 0.898. The van der Waals surface area contributed by atoms with Crippen LogP contribution in [-0.2, 0) is 14.8 Å². The molecule has 0 amide bonds. The number of para-hydroxylation sites is 1. The standard InChI is InChI=1S/C11H17N3O3S/c1-14(8-5-6-17-7-8)9-3-2-4-10(11(9)12)18(13,15)16/h2-4,8H,5-7,12H2,1H3,(H2,13,15,16). The van der Waals surface area contributed by atoms with Crippen LogP contribution in [0, 0.1) is 0 Å². The Kier molecular flexibility index (Phi) is 3.47. The van der Waals surface area contributed by atoms with Gasteiger partial charge < -0.3 is 15.4 Å². The van der Waals surface area contributed by atoms with Gasteiger partial charge in [-0.15, -0.1) is 0 Å². The van der Waals surface area contributed by atoms with Gasteiger partial charge in [0, 0.05) is 13.7 Å². The second kappa shape index (κ2) is 4.75. The van der Waals surface area contributed by atoms with Crippen molar-refractivity contribution < 1.29 is 13.2 Å². The minimum Gasteiger partial charge on any atom is -0.396 e. The fourth-order valence-corrected chi connectivity index (χ4v) is 2.79. The highest BCUT2D eigenvalue weighted by atomic mass is 32.2. The van der Waals surface area contributed by atoms with E-state index in [1.807, 2.05) is 11.9 Å². The molecule has 1 aromatic rings. The number of anilines is 2. The maximum atomic E-state index is 11.4. The van der Waals surface area contributed by atoms with E-state index < -0.39 is 10.0 Å². The molecule has 1 heterocycles. The van der Waals surface area contributed by atoms with Crippen molar-refractivity contribution in [1.82, 2.24) is 0 Å². The number of benzene rings is 1. The van der Waals surface area contributed by atoms with Gasteiger partial charge in [-0.25, -0.2) is 13.6 Å². The Balaban J connectivity index is 2.39. The normalized spacial score (nSPS) is 20.0. The number of primary sulfonamides is 1. The lowest BCUT2D eigenvalue weighted by atomic mass is 10.2. The van der Waals surface area contributed by atoms with E-state index in [1.165, 1.54) is 6.07 Å². The van der Waals surface area contributed by atoms with E-state index in [4.69, 9.17) is 15.6 Å². The summed E-state index contributed by atoms with van der Waals surface area (Å²) in [6, 6.07) is 5.04. The molecule has 1 unspecified atom stereocenters. The zero-order valence-corrected chi connectivity index (χ0v) is 11.0. The molecular formula is C11H17N3O3S. The molecule has 1 aliphatic rings. The van der Waals surface area contributed by atoms with Crippen molar-refractivity contribution in [3.63, 3.8) is 0 Å². The molecule has 7 heteroatoms. The highest BCUT2D eigenvalue weighted by Crippen LogP contribution is 2.30. The lowest BCUT2D eigenvalue weighted by Crippen LogP contribution is -2.32. The van der Waals surface area contributed by atoms with Crippen LogP contribution >= 0.6 is 0 Å². The average molecular weight is 271 g/mol. The molecule has 2 rings (SSSR count). The van der Waals surface area contributed by atoms with E-state index in [0.29, 0.717) is 18.9 Å². The van der Waals surface area contributed by atoms with Crippen molar-refractivity contribution in [3.05, 3.63) is 18.2 Å². The van der Waals surface area contributed by atoms with Gasteiger partial charge in [0.05, 0.1) is 24.0 Å². The number of hydrogen-bond donors (Lipinski definition) is 2. The largest absolute Gasteiger partial charge is 0.396 e. The zero-order chi connectivity index (χ0) is 13.3. The Labute approximate surface area is 107 Å². The van der Waals surface area contributed by atoms with E-state index in [1.54, 1.807) is 12.1 Å². The summed E-state index contributed by atoms with van der Waals surface area (Å²) < 4.78 is 28.1. The van der Waals surface area contributed by atoms with Gasteiger partial charge in [0.1, 0.15) is 4.90 Å². The molecule has 0 aromatic heterocycles. The molecule has 0 bridgehead atoms. The van der Waals surface area contributed by atoms with Crippen LogP contribution in [0.3, 0.4) is 0 Å². The molecule has 1 fully saturated rings. The lowest BCUT2D eigenvalue weighted by molar-refractivity contribution is 0.193. The lowest BCUT2D eigenvalue weighted by Gasteiger charge is -2.27. The number of nitrogens with two attached hydrogens (primary N) is 2. The molecule has 4 N–H and O–H groups in total. The predicted octanol–water partition coefficient (Wildman–Crippen LogP) is 0.141. The van der Waals surface area contributed by atoms with Crippen molar-refractivity contribution >= 4 is 21.4 Å². The third-order valence-corrected chi connectivity index (χ3v) is 4.15. The minimum absolute atomic E-state index is 0.0363. The SMILES string of the molecule is CN(c1cccc(S(N)(=O)=O)c1N)C1CCOC1. The van der Waals surface area contributed by atoms with Crippen LogP contribution < -0.4 is 15.8 Å². The number of sulfonamides is 1. The first-order chi connectivity index (χ1) is 8.41. The predicted molar refractivity (Wildman–Crippen MR) is 69.9 cm³/mol. The number of nitrogen functional groups attached to an aromatic ring is 1. The fraction of sp³-hybridized carbons (Fsp3) is 0.455. The summed E-state index contributed by atoms with van der Waals surface area (Å²) >= 11 is 0. The number of ether oxygens (including phenoxy) is 1. The van der Waals surface area contributed by atoms with Crippen molar-refractivity contribution in [2.75, 3.05) is 30.9 Å². The van der Waals surface area contributed by atoms with Gasteiger partial charge in [-0.2, -0.15) is 0 Å². The van der Waals surface area contributed by atoms with Crippen molar-refractivity contribution in [1.29, 1.82) is 0 Å². The van der Waals surface area contributed by atoms with Gasteiger partial charge in [-0.1, -0.05) is 6.07 Å². The fourth-order valence-electron chi connectivity index (χ4n) is 2.11. The van der Waals surface area contributed by atoms with E-state index >= 15 is 0 Å². The molecule has 1 aromatic carbocycles. The van der Waals surface area contributed by atoms with Gasteiger partial charge in [-0.05, 0) is 18.6 Å². The Hall–Kier alpha value is -1.31. The summed E-state index contributed by atoms with van der Waals surface area (Å²) in [5.74, 6) is 0. The van der Waals surface area contributed by atoms with Crippen molar-refractivity contribution in [2.24, 2.45) is 5.14 Å². The van der Waals surface area contributed by atoms with Gasteiger partial charge >= 0.3 is 0 Å². The molecule has 0 aliphatic carbocycles. The first kappa shape index (κ1) is 13.1. The van der Waals surface area contributed by atoms with E-state index in [0.717, 1.165) is 6.42 Å². The van der Waals surface area contributed by atoms with Gasteiger partial charge in [0.2, 0.25) is 10.0 Å². The zero-order valence-electron chi connectivity index (χ0n) is 10.2. The van der Waals surface area contributed by atoms with Crippen molar-refractivity contribution in [2.45, 2.75) is 17.4 Å². The van der Waals surface area contributed by atoms with Gasteiger partial charge in [-0.3, -0.25) is 0 Å². The van der Waals surface area contributed by atoms with Gasteiger partial charge in [0.25, 0.3) is 0 Å². The Morgan fingerprint density at radius 3 is 2.72 bits per heavy atom. The van der Waals surface area contributed by atoms with Crippen LogP contribution in [0.2, 0.25) is 0 Å². The number of rotatable bonds is 3. The topological polar surface area (TPSA) is 98.7 Å². The number of nitrogens with zero attached hydrogens (tertiary/aromatic N) is 1. The number of hydrogen-bond acceptors (Lipinski definition) is 5. The van der Waals surface area contributed by atoms with Crippen LogP contribution in [-0.4, -0.2) is 34.7 Å². The minimum atomic E-state index is -3.80. The highest BCUT2D eigenvalue weighted by molar-refractivity contribution is 7.89. The highest BCUT2D eigenvalue weighted by Gasteiger charge is 2.24. The summed E-state index contributed by atoms with van der Waals surface area (Å²) in [7, 11) is -1.92. The van der Waals surface area contributed by atoms with Crippen LogP contribution in [0.1, 0.15) is 6.42 Å². The summed E-state index contributed by atoms with van der Waals surface area (Å²) in [5.41, 5.74) is 6.75. The molecular weight excluding hydrogens is 254 g/mol. The Morgan fingerprint density at radius 1 is 1.44 bits per heavy atom. The Bertz CT molecular complexity index is 538.